The fourth-order valence-electron chi connectivity index (χ4n) is 2.00. The van der Waals surface area contributed by atoms with Gasteiger partial charge in [0.2, 0.25) is 0 Å². The maximum absolute atomic E-state index is 6.40. The lowest BCUT2D eigenvalue weighted by Gasteiger charge is -2.10. The zero-order valence-corrected chi connectivity index (χ0v) is 12.5. The molecule has 2 rings (SSSR count). The van der Waals surface area contributed by atoms with Crippen LogP contribution in [0.1, 0.15) is 29.3 Å². The van der Waals surface area contributed by atoms with Gasteiger partial charge in [0.15, 0.2) is 0 Å². The van der Waals surface area contributed by atoms with Gasteiger partial charge in [-0.05, 0) is 36.5 Å². The summed E-state index contributed by atoms with van der Waals surface area (Å²) in [5, 5.41) is 0.119. The fraction of sp³-hybridized carbons (Fsp3) is 0.250. The molecule has 1 atom stereocenters. The first-order valence-corrected chi connectivity index (χ1v) is 7.43. The summed E-state index contributed by atoms with van der Waals surface area (Å²) in [4.78, 5) is 0. The van der Waals surface area contributed by atoms with E-state index in [0.717, 1.165) is 19.3 Å². The third-order valence-electron chi connectivity index (χ3n) is 3.02. The van der Waals surface area contributed by atoms with Crippen LogP contribution in [0, 0.1) is 0 Å². The Morgan fingerprint density at radius 1 is 0.944 bits per heavy atom. The van der Waals surface area contributed by atoms with Gasteiger partial charge >= 0.3 is 0 Å². The van der Waals surface area contributed by atoms with Crippen LogP contribution in [0.3, 0.4) is 0 Å². The minimum absolute atomic E-state index is 0.119. The SMILES string of the molecule is ClC(CCCc1ccccc1Br)c1ccccc1. The number of halogens is 2. The first-order chi connectivity index (χ1) is 8.77. The van der Waals surface area contributed by atoms with Crippen LogP contribution in [0.25, 0.3) is 0 Å². The highest BCUT2D eigenvalue weighted by Gasteiger charge is 2.07. The number of alkyl halides is 1. The molecule has 0 nitrogen and oxygen atoms in total. The topological polar surface area (TPSA) is 0 Å². The maximum atomic E-state index is 6.40. The normalized spacial score (nSPS) is 12.3. The molecule has 2 aromatic carbocycles. The molecule has 0 saturated carbocycles. The van der Waals surface area contributed by atoms with E-state index in [1.54, 1.807) is 0 Å². The second-order valence-corrected chi connectivity index (χ2v) is 5.74. The molecule has 94 valence electrons. The van der Waals surface area contributed by atoms with E-state index in [4.69, 9.17) is 11.6 Å². The molecule has 2 aromatic rings. The summed E-state index contributed by atoms with van der Waals surface area (Å²) in [6, 6.07) is 18.7. The minimum atomic E-state index is 0.119. The molecule has 0 aliphatic heterocycles. The third-order valence-corrected chi connectivity index (χ3v) is 4.27. The van der Waals surface area contributed by atoms with Crippen molar-refractivity contribution in [3.05, 3.63) is 70.2 Å². The summed E-state index contributed by atoms with van der Waals surface area (Å²) in [7, 11) is 0. The Morgan fingerprint density at radius 2 is 1.61 bits per heavy atom. The Kier molecular flexibility index (Phi) is 5.27. The fourth-order valence-corrected chi connectivity index (χ4v) is 2.78. The van der Waals surface area contributed by atoms with Crippen molar-refractivity contribution in [1.29, 1.82) is 0 Å². The first kappa shape index (κ1) is 13.6. The number of benzene rings is 2. The average molecular weight is 324 g/mol. The van der Waals surface area contributed by atoms with Crippen molar-refractivity contribution in [3.8, 4) is 0 Å². The van der Waals surface area contributed by atoms with Gasteiger partial charge in [0.25, 0.3) is 0 Å². The van der Waals surface area contributed by atoms with Crippen LogP contribution in [-0.4, -0.2) is 0 Å². The molecular formula is C16H16BrCl. The molecule has 0 aromatic heterocycles. The van der Waals surface area contributed by atoms with E-state index in [1.807, 2.05) is 24.3 Å². The van der Waals surface area contributed by atoms with Crippen molar-refractivity contribution >= 4 is 27.5 Å². The second-order valence-electron chi connectivity index (χ2n) is 4.36. The standard InChI is InChI=1S/C16H16BrCl/c17-15-11-5-4-7-13(15)10-6-12-16(18)14-8-2-1-3-9-14/h1-5,7-9,11,16H,6,10,12H2. The molecule has 0 heterocycles. The molecule has 0 radical (unpaired) electrons. The minimum Gasteiger partial charge on any atom is -0.118 e. The van der Waals surface area contributed by atoms with Gasteiger partial charge < -0.3 is 0 Å². The Hall–Kier alpha value is -0.790. The van der Waals surface area contributed by atoms with E-state index >= 15 is 0 Å². The molecule has 0 fully saturated rings. The van der Waals surface area contributed by atoms with E-state index in [9.17, 15) is 0 Å². The average Bonchev–Trinajstić information content (AvgIpc) is 2.42. The summed E-state index contributed by atoms with van der Waals surface area (Å²) in [6.45, 7) is 0. The van der Waals surface area contributed by atoms with Gasteiger partial charge in [-0.2, -0.15) is 0 Å². The highest BCUT2D eigenvalue weighted by Crippen LogP contribution is 2.27. The van der Waals surface area contributed by atoms with E-state index in [1.165, 1.54) is 15.6 Å². The number of aryl methyl sites for hydroxylation is 1. The number of rotatable bonds is 5. The lowest BCUT2D eigenvalue weighted by molar-refractivity contribution is 0.715. The van der Waals surface area contributed by atoms with E-state index in [2.05, 4.69) is 46.3 Å². The number of hydrogen-bond acceptors (Lipinski definition) is 0. The third kappa shape index (κ3) is 3.86. The Bertz CT molecular complexity index is 481. The van der Waals surface area contributed by atoms with E-state index in [-0.39, 0.29) is 5.38 Å². The summed E-state index contributed by atoms with van der Waals surface area (Å²) in [6.07, 6.45) is 3.18. The van der Waals surface area contributed by atoms with Crippen LogP contribution in [0.4, 0.5) is 0 Å². The molecule has 2 heteroatoms. The highest BCUT2D eigenvalue weighted by molar-refractivity contribution is 9.10. The Balaban J connectivity index is 1.84. The van der Waals surface area contributed by atoms with Crippen LogP contribution in [-0.2, 0) is 6.42 Å². The van der Waals surface area contributed by atoms with Gasteiger partial charge in [0, 0.05) is 4.47 Å². The van der Waals surface area contributed by atoms with Crippen molar-refractivity contribution in [2.75, 3.05) is 0 Å². The van der Waals surface area contributed by atoms with Crippen LogP contribution >= 0.6 is 27.5 Å². The van der Waals surface area contributed by atoms with Gasteiger partial charge in [-0.15, -0.1) is 11.6 Å². The van der Waals surface area contributed by atoms with Gasteiger partial charge in [0.05, 0.1) is 5.38 Å². The number of hydrogen-bond donors (Lipinski definition) is 0. The zero-order chi connectivity index (χ0) is 12.8. The van der Waals surface area contributed by atoms with Crippen LogP contribution in [0.2, 0.25) is 0 Å². The van der Waals surface area contributed by atoms with Crippen molar-refractivity contribution < 1.29 is 0 Å². The van der Waals surface area contributed by atoms with Crippen molar-refractivity contribution in [2.45, 2.75) is 24.6 Å². The monoisotopic (exact) mass is 322 g/mol. The summed E-state index contributed by atoms with van der Waals surface area (Å²) in [5.41, 5.74) is 2.57. The van der Waals surface area contributed by atoms with Crippen molar-refractivity contribution in [3.63, 3.8) is 0 Å². The lowest BCUT2D eigenvalue weighted by atomic mass is 10.0. The highest BCUT2D eigenvalue weighted by atomic mass is 79.9. The quantitative estimate of drug-likeness (QED) is 0.614. The molecule has 0 N–H and O–H groups in total. The second kappa shape index (κ2) is 6.96. The van der Waals surface area contributed by atoms with Gasteiger partial charge in [-0.3, -0.25) is 0 Å². The molecule has 0 saturated heterocycles. The maximum Gasteiger partial charge on any atom is 0.0585 e. The molecular weight excluding hydrogens is 308 g/mol. The molecule has 0 aliphatic carbocycles. The summed E-state index contributed by atoms with van der Waals surface area (Å²) < 4.78 is 1.19. The lowest BCUT2D eigenvalue weighted by Crippen LogP contribution is -1.93. The Morgan fingerprint density at radius 3 is 2.33 bits per heavy atom. The molecule has 18 heavy (non-hydrogen) atoms. The smallest absolute Gasteiger partial charge is 0.0585 e. The molecule has 0 aliphatic rings. The first-order valence-electron chi connectivity index (χ1n) is 6.20. The van der Waals surface area contributed by atoms with Gasteiger partial charge in [0.1, 0.15) is 0 Å². The zero-order valence-electron chi connectivity index (χ0n) is 10.2. The Labute approximate surface area is 122 Å². The van der Waals surface area contributed by atoms with Crippen molar-refractivity contribution in [1.82, 2.24) is 0 Å². The molecule has 0 spiro atoms. The molecule has 1 unspecified atom stereocenters. The molecule has 0 amide bonds. The largest absolute Gasteiger partial charge is 0.118 e. The van der Waals surface area contributed by atoms with Crippen LogP contribution in [0.5, 0.6) is 0 Å². The van der Waals surface area contributed by atoms with Gasteiger partial charge in [-0.1, -0.05) is 64.5 Å². The van der Waals surface area contributed by atoms with Crippen molar-refractivity contribution in [2.24, 2.45) is 0 Å². The van der Waals surface area contributed by atoms with E-state index < -0.39 is 0 Å². The predicted molar refractivity (Wildman–Crippen MR) is 82.1 cm³/mol. The summed E-state index contributed by atoms with van der Waals surface area (Å²) in [5.74, 6) is 0. The van der Waals surface area contributed by atoms with E-state index in [0.29, 0.717) is 0 Å². The van der Waals surface area contributed by atoms with Gasteiger partial charge in [-0.25, -0.2) is 0 Å². The van der Waals surface area contributed by atoms with Crippen LogP contribution in [0.15, 0.2) is 59.1 Å². The summed E-state index contributed by atoms with van der Waals surface area (Å²) >= 11 is 9.98. The molecule has 0 bridgehead atoms. The van der Waals surface area contributed by atoms with Crippen LogP contribution < -0.4 is 0 Å². The predicted octanol–water partition coefficient (Wildman–Crippen LogP) is 5.75.